The van der Waals surface area contributed by atoms with E-state index < -0.39 is 23.6 Å². The average Bonchev–Trinajstić information content (AvgIpc) is 2.71. The van der Waals surface area contributed by atoms with E-state index in [2.05, 4.69) is 26.3 Å². The zero-order valence-electron chi connectivity index (χ0n) is 15.9. The number of amides is 3. The lowest BCUT2D eigenvalue weighted by molar-refractivity contribution is -0.137. The number of halogens is 4. The monoisotopic (exact) mass is 427 g/mol. The van der Waals surface area contributed by atoms with Crippen molar-refractivity contribution in [2.45, 2.75) is 12.6 Å². The number of pyridine rings is 1. The van der Waals surface area contributed by atoms with Gasteiger partial charge >= 0.3 is 12.2 Å². The van der Waals surface area contributed by atoms with Crippen molar-refractivity contribution in [3.63, 3.8) is 0 Å². The summed E-state index contributed by atoms with van der Waals surface area (Å²) in [7, 11) is 0. The van der Waals surface area contributed by atoms with E-state index >= 15 is 0 Å². The minimum absolute atomic E-state index is 0.232. The molecule has 0 atom stereocenters. The van der Waals surface area contributed by atoms with Crippen LogP contribution in [-0.2, 0) is 6.18 Å². The molecule has 0 saturated heterocycles. The van der Waals surface area contributed by atoms with Gasteiger partial charge in [-0.05, 0) is 42.8 Å². The van der Waals surface area contributed by atoms with E-state index in [1.165, 1.54) is 30.3 Å². The van der Waals surface area contributed by atoms with Gasteiger partial charge in [0.05, 0.1) is 5.56 Å². The van der Waals surface area contributed by atoms with Crippen LogP contribution in [0.1, 0.15) is 22.3 Å². The fourth-order valence-corrected chi connectivity index (χ4v) is 2.29. The second-order valence-electron chi connectivity index (χ2n) is 6.16. The largest absolute Gasteiger partial charge is 0.417 e. The number of alkyl halides is 3. The molecule has 1 aromatic carbocycles. The van der Waals surface area contributed by atoms with Crippen LogP contribution in [-0.4, -0.2) is 43.1 Å². The molecular formula is C19H21F4N5O2. The predicted octanol–water partition coefficient (Wildman–Crippen LogP) is 2.77. The number of anilines is 1. The predicted molar refractivity (Wildman–Crippen MR) is 102 cm³/mol. The molecule has 0 aliphatic rings. The number of hydrogen-bond acceptors (Lipinski definition) is 4. The molecule has 11 heteroatoms. The SMILES string of the molecule is O=C(NCCCNC(=O)c1ccc(F)cc1)NCCNc1ccc(C(F)(F)F)cn1. The molecule has 1 heterocycles. The van der Waals surface area contributed by atoms with Gasteiger partial charge in [-0.3, -0.25) is 4.79 Å². The van der Waals surface area contributed by atoms with Gasteiger partial charge in [0.15, 0.2) is 0 Å². The van der Waals surface area contributed by atoms with Gasteiger partial charge in [-0.15, -0.1) is 0 Å². The summed E-state index contributed by atoms with van der Waals surface area (Å²) in [4.78, 5) is 27.1. The first-order valence-corrected chi connectivity index (χ1v) is 9.08. The molecule has 30 heavy (non-hydrogen) atoms. The second kappa shape index (κ2) is 11.0. The van der Waals surface area contributed by atoms with E-state index in [0.29, 0.717) is 25.1 Å². The van der Waals surface area contributed by atoms with Gasteiger partial charge in [0.2, 0.25) is 0 Å². The summed E-state index contributed by atoms with van der Waals surface area (Å²) in [5.74, 6) is -0.489. The van der Waals surface area contributed by atoms with Crippen molar-refractivity contribution < 1.29 is 27.2 Å². The van der Waals surface area contributed by atoms with E-state index in [1.54, 1.807) is 0 Å². The Morgan fingerprint density at radius 2 is 1.53 bits per heavy atom. The first kappa shape index (κ1) is 22.9. The van der Waals surface area contributed by atoms with Crippen LogP contribution in [0.25, 0.3) is 0 Å². The summed E-state index contributed by atoms with van der Waals surface area (Å²) in [6, 6.07) is 6.87. The lowest BCUT2D eigenvalue weighted by Gasteiger charge is -2.10. The van der Waals surface area contributed by atoms with Gasteiger partial charge in [-0.2, -0.15) is 13.2 Å². The number of carbonyl (C=O) groups excluding carboxylic acids is 2. The number of hydrogen-bond donors (Lipinski definition) is 4. The molecule has 1 aromatic heterocycles. The van der Waals surface area contributed by atoms with Gasteiger partial charge in [-0.25, -0.2) is 14.2 Å². The zero-order chi connectivity index (χ0) is 22.0. The minimum atomic E-state index is -4.44. The van der Waals surface area contributed by atoms with Crippen LogP contribution in [0.5, 0.6) is 0 Å². The van der Waals surface area contributed by atoms with E-state index in [-0.39, 0.29) is 24.8 Å². The number of carbonyl (C=O) groups is 2. The summed E-state index contributed by atoms with van der Waals surface area (Å²) in [5.41, 5.74) is -0.489. The van der Waals surface area contributed by atoms with Gasteiger partial charge in [0.1, 0.15) is 11.6 Å². The average molecular weight is 427 g/mol. The van der Waals surface area contributed by atoms with Gasteiger partial charge in [0, 0.05) is 37.9 Å². The number of rotatable bonds is 9. The van der Waals surface area contributed by atoms with Crippen molar-refractivity contribution in [3.8, 4) is 0 Å². The fourth-order valence-electron chi connectivity index (χ4n) is 2.29. The molecule has 0 radical (unpaired) electrons. The third kappa shape index (κ3) is 7.94. The summed E-state index contributed by atoms with van der Waals surface area (Å²) < 4.78 is 50.2. The number of aromatic nitrogens is 1. The summed E-state index contributed by atoms with van der Waals surface area (Å²) in [5, 5.41) is 10.6. The molecule has 2 rings (SSSR count). The van der Waals surface area contributed by atoms with Crippen molar-refractivity contribution >= 4 is 17.8 Å². The maximum absolute atomic E-state index is 12.8. The molecule has 0 unspecified atom stereocenters. The molecule has 4 N–H and O–H groups in total. The third-order valence-corrected chi connectivity index (χ3v) is 3.84. The quantitative estimate of drug-likeness (QED) is 0.366. The Morgan fingerprint density at radius 3 is 2.17 bits per heavy atom. The van der Waals surface area contributed by atoms with Crippen LogP contribution < -0.4 is 21.3 Å². The molecule has 3 amide bonds. The van der Waals surface area contributed by atoms with Gasteiger partial charge in [0.25, 0.3) is 5.91 Å². The Hall–Kier alpha value is -3.37. The van der Waals surface area contributed by atoms with Crippen molar-refractivity contribution in [2.75, 3.05) is 31.5 Å². The minimum Gasteiger partial charge on any atom is -0.368 e. The zero-order valence-corrected chi connectivity index (χ0v) is 15.9. The highest BCUT2D eigenvalue weighted by Crippen LogP contribution is 2.28. The number of nitrogens with zero attached hydrogens (tertiary/aromatic N) is 1. The maximum Gasteiger partial charge on any atom is 0.417 e. The summed E-state index contributed by atoms with van der Waals surface area (Å²) >= 11 is 0. The smallest absolute Gasteiger partial charge is 0.368 e. The van der Waals surface area contributed by atoms with Gasteiger partial charge in [-0.1, -0.05) is 0 Å². The highest BCUT2D eigenvalue weighted by Gasteiger charge is 2.30. The van der Waals surface area contributed by atoms with E-state index in [9.17, 15) is 27.2 Å². The van der Waals surface area contributed by atoms with E-state index in [0.717, 1.165) is 12.3 Å². The number of urea groups is 1. The van der Waals surface area contributed by atoms with Gasteiger partial charge < -0.3 is 21.3 Å². The fraction of sp³-hybridized carbons (Fsp3) is 0.316. The van der Waals surface area contributed by atoms with Crippen LogP contribution in [0.4, 0.5) is 28.2 Å². The van der Waals surface area contributed by atoms with Crippen molar-refractivity contribution in [3.05, 3.63) is 59.5 Å². The highest BCUT2D eigenvalue weighted by atomic mass is 19.4. The van der Waals surface area contributed by atoms with Crippen LogP contribution in [0, 0.1) is 5.82 Å². The Kier molecular flexibility index (Phi) is 8.39. The topological polar surface area (TPSA) is 95.2 Å². The second-order valence-corrected chi connectivity index (χ2v) is 6.16. The molecule has 2 aromatic rings. The molecule has 162 valence electrons. The summed E-state index contributed by atoms with van der Waals surface area (Å²) in [6.45, 7) is 1.16. The van der Waals surface area contributed by atoms with Crippen molar-refractivity contribution in [1.82, 2.24) is 20.9 Å². The standard InChI is InChI=1S/C19H21F4N5O2/c20-15-5-2-13(3-6-15)17(29)25-8-1-9-26-18(30)27-11-10-24-16-7-4-14(12-28-16)19(21,22)23/h2-7,12H,1,8-11H2,(H,24,28)(H,25,29)(H2,26,27,30). The third-order valence-electron chi connectivity index (χ3n) is 3.84. The highest BCUT2D eigenvalue weighted by molar-refractivity contribution is 5.94. The lowest BCUT2D eigenvalue weighted by Crippen LogP contribution is -2.39. The Bertz CT molecular complexity index is 826. The van der Waals surface area contributed by atoms with Crippen molar-refractivity contribution in [1.29, 1.82) is 0 Å². The molecule has 0 aliphatic heterocycles. The number of benzene rings is 1. The maximum atomic E-state index is 12.8. The Labute approximate surface area is 170 Å². The molecule has 0 bridgehead atoms. The van der Waals surface area contributed by atoms with Crippen LogP contribution in [0.2, 0.25) is 0 Å². The number of nitrogens with one attached hydrogen (secondary N) is 4. The molecule has 7 nitrogen and oxygen atoms in total. The van der Waals surface area contributed by atoms with Crippen LogP contribution >= 0.6 is 0 Å². The van der Waals surface area contributed by atoms with Crippen molar-refractivity contribution in [2.24, 2.45) is 0 Å². The van der Waals surface area contributed by atoms with Crippen LogP contribution in [0.3, 0.4) is 0 Å². The Morgan fingerprint density at radius 1 is 0.867 bits per heavy atom. The molecule has 0 aliphatic carbocycles. The first-order chi connectivity index (χ1) is 14.3. The normalized spacial score (nSPS) is 10.9. The molecule has 0 saturated carbocycles. The molecule has 0 spiro atoms. The summed E-state index contributed by atoms with van der Waals surface area (Å²) in [6.07, 6.45) is -3.21. The van der Waals surface area contributed by atoms with E-state index in [4.69, 9.17) is 0 Å². The van der Waals surface area contributed by atoms with E-state index in [1.807, 2.05) is 0 Å². The van der Waals surface area contributed by atoms with Crippen LogP contribution in [0.15, 0.2) is 42.6 Å². The Balaban J connectivity index is 1.53. The first-order valence-electron chi connectivity index (χ1n) is 9.08. The lowest BCUT2D eigenvalue weighted by atomic mass is 10.2. The molecule has 0 fully saturated rings. The molecular weight excluding hydrogens is 406 g/mol.